The molecule has 108 valence electrons. The van der Waals surface area contributed by atoms with Crippen LogP contribution in [-0.2, 0) is 6.54 Å². The van der Waals surface area contributed by atoms with Gasteiger partial charge in [-0.15, -0.1) is 0 Å². The van der Waals surface area contributed by atoms with Gasteiger partial charge in [0.2, 0.25) is 0 Å². The number of nitrogens with one attached hydrogen (secondary N) is 1. The van der Waals surface area contributed by atoms with Crippen molar-refractivity contribution in [1.29, 1.82) is 0 Å². The molecule has 0 saturated carbocycles. The zero-order valence-electron chi connectivity index (χ0n) is 12.8. The molecule has 2 rings (SSSR count). The third-order valence-electron chi connectivity index (χ3n) is 3.46. The van der Waals surface area contributed by atoms with Crippen molar-refractivity contribution in [2.24, 2.45) is 0 Å². The number of nitrogens with zero attached hydrogens (tertiary/aromatic N) is 3. The summed E-state index contributed by atoms with van der Waals surface area (Å²) < 4.78 is 1.98. The molecule has 0 spiro atoms. The van der Waals surface area contributed by atoms with E-state index in [-0.39, 0.29) is 0 Å². The van der Waals surface area contributed by atoms with Crippen molar-refractivity contribution in [2.75, 3.05) is 25.5 Å². The highest BCUT2D eigenvalue weighted by molar-refractivity contribution is 5.46. The monoisotopic (exact) mass is 272 g/mol. The van der Waals surface area contributed by atoms with E-state index in [1.165, 1.54) is 16.8 Å². The summed E-state index contributed by atoms with van der Waals surface area (Å²) in [6.45, 7) is 6.07. The Hall–Kier alpha value is -1.81. The van der Waals surface area contributed by atoms with Crippen LogP contribution in [0.25, 0.3) is 0 Å². The Morgan fingerprint density at radius 1 is 1.25 bits per heavy atom. The maximum absolute atomic E-state index is 4.29. The SMILES string of the molecule is Cc1cnn(CCNC(C)c2ccc(N(C)C)cc2)c1. The van der Waals surface area contributed by atoms with E-state index in [1.54, 1.807) is 0 Å². The average Bonchev–Trinajstić information content (AvgIpc) is 2.84. The van der Waals surface area contributed by atoms with Gasteiger partial charge in [0, 0.05) is 38.6 Å². The van der Waals surface area contributed by atoms with Gasteiger partial charge in [-0.25, -0.2) is 0 Å². The standard InChI is InChI=1S/C16H24N4/c1-13-11-18-20(12-13)10-9-17-14(2)15-5-7-16(8-6-15)19(3)4/h5-8,11-12,14,17H,9-10H2,1-4H3. The van der Waals surface area contributed by atoms with Crippen LogP contribution in [0.3, 0.4) is 0 Å². The Morgan fingerprint density at radius 3 is 2.50 bits per heavy atom. The lowest BCUT2D eigenvalue weighted by Gasteiger charge is -2.17. The molecule has 0 amide bonds. The molecule has 1 unspecified atom stereocenters. The molecule has 0 saturated heterocycles. The molecule has 1 heterocycles. The molecule has 0 fully saturated rings. The second kappa shape index (κ2) is 6.57. The number of benzene rings is 1. The number of anilines is 1. The first-order valence-electron chi connectivity index (χ1n) is 7.06. The lowest BCUT2D eigenvalue weighted by molar-refractivity contribution is 0.507. The molecule has 20 heavy (non-hydrogen) atoms. The second-order valence-corrected chi connectivity index (χ2v) is 5.44. The quantitative estimate of drug-likeness (QED) is 0.877. The van der Waals surface area contributed by atoms with E-state index in [1.807, 2.05) is 10.9 Å². The fourth-order valence-corrected chi connectivity index (χ4v) is 2.16. The number of rotatable bonds is 6. The third kappa shape index (κ3) is 3.84. The highest BCUT2D eigenvalue weighted by Crippen LogP contribution is 2.17. The summed E-state index contributed by atoms with van der Waals surface area (Å²) in [6.07, 6.45) is 3.96. The first-order chi connectivity index (χ1) is 9.56. The molecule has 0 bridgehead atoms. The number of aromatic nitrogens is 2. The summed E-state index contributed by atoms with van der Waals surface area (Å²) in [4.78, 5) is 2.11. The molecule has 0 aliphatic rings. The third-order valence-corrected chi connectivity index (χ3v) is 3.46. The predicted molar refractivity (Wildman–Crippen MR) is 84.2 cm³/mol. The van der Waals surface area contributed by atoms with Gasteiger partial charge in [0.15, 0.2) is 0 Å². The fourth-order valence-electron chi connectivity index (χ4n) is 2.16. The van der Waals surface area contributed by atoms with Gasteiger partial charge < -0.3 is 10.2 Å². The Morgan fingerprint density at radius 2 is 1.95 bits per heavy atom. The number of hydrogen-bond donors (Lipinski definition) is 1. The van der Waals surface area contributed by atoms with Gasteiger partial charge in [0.1, 0.15) is 0 Å². The Bertz CT molecular complexity index is 528. The van der Waals surface area contributed by atoms with Crippen LogP contribution >= 0.6 is 0 Å². The molecule has 4 nitrogen and oxygen atoms in total. The van der Waals surface area contributed by atoms with Crippen LogP contribution in [0.1, 0.15) is 24.1 Å². The summed E-state index contributed by atoms with van der Waals surface area (Å²) in [5.74, 6) is 0. The van der Waals surface area contributed by atoms with Crippen LogP contribution in [0.5, 0.6) is 0 Å². The zero-order valence-corrected chi connectivity index (χ0v) is 12.8. The first-order valence-corrected chi connectivity index (χ1v) is 7.06. The lowest BCUT2D eigenvalue weighted by Crippen LogP contribution is -2.23. The molecule has 0 radical (unpaired) electrons. The minimum Gasteiger partial charge on any atom is -0.378 e. The molecule has 0 aliphatic heterocycles. The maximum atomic E-state index is 4.29. The highest BCUT2D eigenvalue weighted by Gasteiger charge is 2.05. The summed E-state index contributed by atoms with van der Waals surface area (Å²) in [5, 5.41) is 7.82. The maximum Gasteiger partial charge on any atom is 0.0534 e. The molecule has 1 aromatic carbocycles. The Labute approximate surface area is 121 Å². The molecule has 2 aromatic rings. The highest BCUT2D eigenvalue weighted by atomic mass is 15.3. The molecule has 1 N–H and O–H groups in total. The van der Waals surface area contributed by atoms with E-state index >= 15 is 0 Å². The van der Waals surface area contributed by atoms with Crippen molar-refractivity contribution in [1.82, 2.24) is 15.1 Å². The first kappa shape index (κ1) is 14.6. The lowest BCUT2D eigenvalue weighted by atomic mass is 10.1. The van der Waals surface area contributed by atoms with Crippen LogP contribution < -0.4 is 10.2 Å². The molecule has 4 heteroatoms. The summed E-state index contributed by atoms with van der Waals surface area (Å²) in [6, 6.07) is 9.04. The Balaban J connectivity index is 1.83. The van der Waals surface area contributed by atoms with E-state index < -0.39 is 0 Å². The summed E-state index contributed by atoms with van der Waals surface area (Å²) in [5.41, 5.74) is 3.75. The van der Waals surface area contributed by atoms with Crippen molar-refractivity contribution in [3.05, 3.63) is 47.8 Å². The van der Waals surface area contributed by atoms with Gasteiger partial charge in [0.25, 0.3) is 0 Å². The predicted octanol–water partition coefficient (Wildman–Crippen LogP) is 2.61. The van der Waals surface area contributed by atoms with E-state index in [4.69, 9.17) is 0 Å². The van der Waals surface area contributed by atoms with Gasteiger partial charge in [-0.1, -0.05) is 12.1 Å². The van der Waals surface area contributed by atoms with E-state index in [2.05, 4.69) is 73.7 Å². The molecule has 1 atom stereocenters. The van der Waals surface area contributed by atoms with E-state index in [0.29, 0.717) is 6.04 Å². The molecule has 1 aromatic heterocycles. The smallest absolute Gasteiger partial charge is 0.0534 e. The zero-order chi connectivity index (χ0) is 14.5. The number of aryl methyl sites for hydroxylation is 1. The molecular weight excluding hydrogens is 248 g/mol. The van der Waals surface area contributed by atoms with Crippen molar-refractivity contribution in [3.63, 3.8) is 0 Å². The average molecular weight is 272 g/mol. The molecule has 0 aliphatic carbocycles. The minimum absolute atomic E-state index is 0.350. The normalized spacial score (nSPS) is 12.4. The van der Waals surface area contributed by atoms with Crippen molar-refractivity contribution in [2.45, 2.75) is 26.4 Å². The van der Waals surface area contributed by atoms with E-state index in [9.17, 15) is 0 Å². The van der Waals surface area contributed by atoms with Gasteiger partial charge in [-0.3, -0.25) is 4.68 Å². The van der Waals surface area contributed by atoms with Gasteiger partial charge in [0.05, 0.1) is 12.7 Å². The molecular formula is C16H24N4. The van der Waals surface area contributed by atoms with Crippen LogP contribution in [0, 0.1) is 6.92 Å². The number of hydrogen-bond acceptors (Lipinski definition) is 3. The minimum atomic E-state index is 0.350. The topological polar surface area (TPSA) is 33.1 Å². The van der Waals surface area contributed by atoms with Crippen molar-refractivity contribution in [3.8, 4) is 0 Å². The van der Waals surface area contributed by atoms with Crippen LogP contribution in [0.2, 0.25) is 0 Å². The van der Waals surface area contributed by atoms with Gasteiger partial charge in [-0.2, -0.15) is 5.10 Å². The van der Waals surface area contributed by atoms with Gasteiger partial charge in [-0.05, 0) is 37.1 Å². The van der Waals surface area contributed by atoms with Crippen molar-refractivity contribution >= 4 is 5.69 Å². The van der Waals surface area contributed by atoms with Crippen molar-refractivity contribution < 1.29 is 0 Å². The largest absolute Gasteiger partial charge is 0.378 e. The van der Waals surface area contributed by atoms with Crippen LogP contribution in [0.4, 0.5) is 5.69 Å². The van der Waals surface area contributed by atoms with Crippen LogP contribution in [-0.4, -0.2) is 30.4 Å². The summed E-state index contributed by atoms with van der Waals surface area (Å²) >= 11 is 0. The summed E-state index contributed by atoms with van der Waals surface area (Å²) in [7, 11) is 4.12. The Kier molecular flexibility index (Phi) is 4.79. The van der Waals surface area contributed by atoms with E-state index in [0.717, 1.165) is 13.1 Å². The van der Waals surface area contributed by atoms with Gasteiger partial charge >= 0.3 is 0 Å². The fraction of sp³-hybridized carbons (Fsp3) is 0.438. The second-order valence-electron chi connectivity index (χ2n) is 5.44. The van der Waals surface area contributed by atoms with Crippen LogP contribution in [0.15, 0.2) is 36.7 Å².